The summed E-state index contributed by atoms with van der Waals surface area (Å²) in [5, 5.41) is 2.94. The molecule has 1 aliphatic heterocycles. The van der Waals surface area contributed by atoms with Gasteiger partial charge in [0.15, 0.2) is 22.3 Å². The van der Waals surface area contributed by atoms with Gasteiger partial charge in [0.1, 0.15) is 0 Å². The first kappa shape index (κ1) is 28.4. The fraction of sp³-hybridized carbons (Fsp3) is 0.304. The molecule has 0 bridgehead atoms. The lowest BCUT2D eigenvalue weighted by Crippen LogP contribution is -2.44. The third-order valence-electron chi connectivity index (χ3n) is 5.81. The molecule has 0 aliphatic carbocycles. The molecule has 1 saturated heterocycles. The van der Waals surface area contributed by atoms with Gasteiger partial charge in [-0.1, -0.05) is 0 Å². The molecule has 2 heterocycles. The second-order valence-electron chi connectivity index (χ2n) is 8.45. The van der Waals surface area contributed by atoms with Gasteiger partial charge in [0.2, 0.25) is 27.6 Å². The predicted molar refractivity (Wildman–Crippen MR) is 128 cm³/mol. The molecule has 1 aliphatic rings. The van der Waals surface area contributed by atoms with Crippen LogP contribution < -0.4 is 19.7 Å². The average molecular weight is 577 g/mol. The van der Waals surface area contributed by atoms with Crippen molar-refractivity contribution >= 4 is 27.3 Å². The number of nitrogens with zero attached hydrogens (tertiary/aromatic N) is 4. The van der Waals surface area contributed by atoms with Crippen molar-refractivity contribution in [1.82, 2.24) is 19.6 Å². The summed E-state index contributed by atoms with van der Waals surface area (Å²) in [7, 11) is -3.18. The number of nitrogens with one attached hydrogen (secondary N) is 2. The van der Waals surface area contributed by atoms with Gasteiger partial charge in [0.05, 0.1) is 12.2 Å². The molecule has 1 aromatic heterocycles. The zero-order valence-electron chi connectivity index (χ0n) is 20.3. The Balaban J connectivity index is 1.48. The first-order chi connectivity index (χ1) is 18.5. The molecule has 210 valence electrons. The van der Waals surface area contributed by atoms with E-state index in [2.05, 4.69) is 36.9 Å². The van der Waals surface area contributed by atoms with E-state index in [9.17, 15) is 34.8 Å². The van der Waals surface area contributed by atoms with Crippen LogP contribution >= 0.6 is 0 Å². The molecular formula is C23H22F6N6O3S. The highest BCUT2D eigenvalue weighted by molar-refractivity contribution is 7.89. The predicted octanol–water partition coefficient (Wildman–Crippen LogP) is 3.61. The van der Waals surface area contributed by atoms with Gasteiger partial charge in [0, 0.05) is 43.8 Å². The van der Waals surface area contributed by atoms with Gasteiger partial charge >= 0.3 is 6.61 Å². The van der Waals surface area contributed by atoms with Crippen molar-refractivity contribution in [3.63, 3.8) is 0 Å². The number of ether oxygens (including phenoxy) is 1. The Morgan fingerprint density at radius 3 is 2.23 bits per heavy atom. The highest BCUT2D eigenvalue weighted by Gasteiger charge is 2.35. The number of sulfonamides is 1. The summed E-state index contributed by atoms with van der Waals surface area (Å²) in [6.07, 6.45) is 1.28. The normalized spacial score (nSPS) is 14.6. The van der Waals surface area contributed by atoms with Crippen LogP contribution in [0.4, 0.5) is 43.7 Å². The van der Waals surface area contributed by atoms with E-state index in [0.717, 1.165) is 31.9 Å². The summed E-state index contributed by atoms with van der Waals surface area (Å²) in [5.41, 5.74) is 1.68. The van der Waals surface area contributed by atoms with Crippen molar-refractivity contribution in [2.24, 2.45) is 0 Å². The number of aromatic nitrogens is 2. The van der Waals surface area contributed by atoms with Gasteiger partial charge in [-0.2, -0.15) is 13.2 Å². The molecule has 1 fully saturated rings. The average Bonchev–Trinajstić information content (AvgIpc) is 2.90. The molecule has 39 heavy (non-hydrogen) atoms. The highest BCUT2D eigenvalue weighted by atomic mass is 32.2. The van der Waals surface area contributed by atoms with E-state index in [4.69, 9.17) is 0 Å². The number of likely N-dealkylation sites (N-methyl/N-ethyl adjacent to an activating group) is 1. The molecule has 3 aromatic rings. The van der Waals surface area contributed by atoms with Gasteiger partial charge in [-0.25, -0.2) is 36.3 Å². The molecule has 0 unspecified atom stereocenters. The Bertz CT molecular complexity index is 1440. The lowest BCUT2D eigenvalue weighted by atomic mass is 10.2. The minimum absolute atomic E-state index is 0.0184. The highest BCUT2D eigenvalue weighted by Crippen LogP contribution is 2.35. The molecule has 16 heteroatoms. The first-order valence-corrected chi connectivity index (χ1v) is 12.9. The molecule has 0 radical (unpaired) electrons. The summed E-state index contributed by atoms with van der Waals surface area (Å²) in [6.45, 7) is -0.854. The molecule has 9 nitrogen and oxygen atoms in total. The van der Waals surface area contributed by atoms with Gasteiger partial charge in [0.25, 0.3) is 0 Å². The molecule has 4 rings (SSSR count). The van der Waals surface area contributed by atoms with Crippen LogP contribution in [0.1, 0.15) is 5.69 Å². The maximum Gasteiger partial charge on any atom is 0.387 e. The van der Waals surface area contributed by atoms with E-state index in [1.54, 1.807) is 16.9 Å². The van der Waals surface area contributed by atoms with E-state index in [0.29, 0.717) is 5.69 Å². The summed E-state index contributed by atoms with van der Waals surface area (Å²) in [5.74, 6) is -11.8. The Kier molecular flexibility index (Phi) is 8.46. The van der Waals surface area contributed by atoms with E-state index in [-0.39, 0.29) is 11.6 Å². The van der Waals surface area contributed by atoms with Crippen molar-refractivity contribution < 1.29 is 39.5 Å². The maximum absolute atomic E-state index is 14.3. The lowest BCUT2D eigenvalue weighted by molar-refractivity contribution is -0.0551. The third kappa shape index (κ3) is 6.51. The number of anilines is 3. The molecule has 0 saturated carbocycles. The van der Waals surface area contributed by atoms with Gasteiger partial charge in [-0.05, 0) is 37.4 Å². The second kappa shape index (κ2) is 11.6. The van der Waals surface area contributed by atoms with Crippen LogP contribution in [-0.4, -0.2) is 63.1 Å². The SMILES string of the molecule is CN1CCN(c2ccc(Nc3nccc(CNS(=O)(=O)c4c(F)c(F)c(F)c(F)c4OC(F)F)n3)cc2)CC1. The number of hydrogen-bond acceptors (Lipinski definition) is 8. The Morgan fingerprint density at radius 2 is 1.59 bits per heavy atom. The zero-order chi connectivity index (χ0) is 28.3. The number of halogens is 6. The first-order valence-electron chi connectivity index (χ1n) is 11.4. The molecule has 0 spiro atoms. The molecule has 0 amide bonds. The monoisotopic (exact) mass is 576 g/mol. The number of rotatable bonds is 9. The van der Waals surface area contributed by atoms with Crippen molar-refractivity contribution in [1.29, 1.82) is 0 Å². The van der Waals surface area contributed by atoms with E-state index in [1.165, 1.54) is 12.3 Å². The summed E-state index contributed by atoms with van der Waals surface area (Å²) in [4.78, 5) is 10.7. The molecule has 2 N–H and O–H groups in total. The minimum atomic E-state index is -5.24. The van der Waals surface area contributed by atoms with Crippen LogP contribution in [0, 0.1) is 23.3 Å². The van der Waals surface area contributed by atoms with Crippen molar-refractivity contribution in [3.8, 4) is 5.75 Å². The third-order valence-corrected chi connectivity index (χ3v) is 7.23. The molecule has 2 aromatic carbocycles. The standard InChI is InChI=1S/C23H22F6N6O3S/c1-34-8-10-35(11-9-34)15-4-2-13(3-5-15)32-23-30-7-6-14(33-23)12-31-39(36,37)21-19(27)17(25)16(24)18(26)20(21)38-22(28)29/h2-7,22,31H,8-12H2,1H3,(H,30,32,33). The van der Waals surface area contributed by atoms with E-state index >= 15 is 0 Å². The Labute approximate surface area is 219 Å². The minimum Gasteiger partial charge on any atom is -0.430 e. The topological polar surface area (TPSA) is 99.7 Å². The number of benzene rings is 2. The van der Waals surface area contributed by atoms with Crippen molar-refractivity contribution in [3.05, 3.63) is 65.5 Å². The van der Waals surface area contributed by atoms with Crippen LogP contribution in [0.25, 0.3) is 0 Å². The Hall–Kier alpha value is -3.63. The van der Waals surface area contributed by atoms with Crippen molar-refractivity contribution in [2.45, 2.75) is 18.1 Å². The molecular weight excluding hydrogens is 554 g/mol. The van der Waals surface area contributed by atoms with Crippen molar-refractivity contribution in [2.75, 3.05) is 43.4 Å². The summed E-state index contributed by atoms with van der Waals surface area (Å²) in [6, 6.07) is 8.72. The second-order valence-corrected chi connectivity index (χ2v) is 10.2. The number of hydrogen-bond donors (Lipinski definition) is 2. The maximum atomic E-state index is 14.3. The number of alkyl halides is 2. The quantitative estimate of drug-likeness (QED) is 0.227. The van der Waals surface area contributed by atoms with Crippen LogP contribution in [-0.2, 0) is 16.6 Å². The fourth-order valence-corrected chi connectivity index (χ4v) is 4.96. The smallest absolute Gasteiger partial charge is 0.387 e. The van der Waals surface area contributed by atoms with Crippen LogP contribution in [0.15, 0.2) is 41.4 Å². The Morgan fingerprint density at radius 1 is 0.949 bits per heavy atom. The number of piperazine rings is 1. The lowest BCUT2D eigenvalue weighted by Gasteiger charge is -2.34. The largest absolute Gasteiger partial charge is 0.430 e. The summed E-state index contributed by atoms with van der Waals surface area (Å²) < 4.78 is 111. The van der Waals surface area contributed by atoms with Gasteiger partial charge in [-0.15, -0.1) is 0 Å². The fourth-order valence-electron chi connectivity index (χ4n) is 3.77. The van der Waals surface area contributed by atoms with E-state index in [1.807, 2.05) is 12.1 Å². The van der Waals surface area contributed by atoms with E-state index < -0.39 is 57.1 Å². The van der Waals surface area contributed by atoms with Crippen LogP contribution in [0.2, 0.25) is 0 Å². The van der Waals surface area contributed by atoms with Crippen LogP contribution in [0.3, 0.4) is 0 Å². The molecule has 0 atom stereocenters. The van der Waals surface area contributed by atoms with Gasteiger partial charge < -0.3 is 19.9 Å². The summed E-state index contributed by atoms with van der Waals surface area (Å²) >= 11 is 0. The zero-order valence-corrected chi connectivity index (χ0v) is 21.1. The van der Waals surface area contributed by atoms with Crippen LogP contribution in [0.5, 0.6) is 5.75 Å². The van der Waals surface area contributed by atoms with Gasteiger partial charge in [-0.3, -0.25) is 0 Å².